The molecular formula is C18H17F5N4O3. The molecule has 30 heavy (non-hydrogen) atoms. The largest absolute Gasteiger partial charge is 0.471 e. The van der Waals surface area contributed by atoms with Crippen LogP contribution in [0.15, 0.2) is 36.7 Å². The summed E-state index contributed by atoms with van der Waals surface area (Å²) >= 11 is 0. The number of hydrogen-bond donors (Lipinski definition) is 2. The van der Waals surface area contributed by atoms with Gasteiger partial charge in [0.05, 0.1) is 11.6 Å². The van der Waals surface area contributed by atoms with Crippen LogP contribution >= 0.6 is 0 Å². The van der Waals surface area contributed by atoms with Crippen LogP contribution in [0, 0.1) is 0 Å². The van der Waals surface area contributed by atoms with Gasteiger partial charge in [-0.25, -0.2) is 9.97 Å². The molecule has 7 nitrogen and oxygen atoms in total. The van der Waals surface area contributed by atoms with E-state index in [-0.39, 0.29) is 11.5 Å². The number of nitrogens with one attached hydrogen (secondary N) is 2. The SMILES string of the molecule is CC(=O)Nc1cc(C(C)NC(=O)c2ccc(OCC(F)(F)C(F)(F)F)nc2)ccn1. The Hall–Kier alpha value is -3.31. The van der Waals surface area contributed by atoms with Crippen LogP contribution in [0.4, 0.5) is 27.8 Å². The molecule has 0 saturated carbocycles. The number of halogens is 5. The highest BCUT2D eigenvalue weighted by atomic mass is 19.4. The summed E-state index contributed by atoms with van der Waals surface area (Å²) in [6, 6.07) is 4.89. The molecule has 0 aliphatic heterocycles. The van der Waals surface area contributed by atoms with E-state index in [1.54, 1.807) is 19.1 Å². The van der Waals surface area contributed by atoms with E-state index in [1.807, 2.05) is 0 Å². The van der Waals surface area contributed by atoms with Crippen LogP contribution in [0.3, 0.4) is 0 Å². The Labute approximate surface area is 167 Å². The van der Waals surface area contributed by atoms with Crippen molar-refractivity contribution in [2.45, 2.75) is 32.0 Å². The predicted molar refractivity (Wildman–Crippen MR) is 95.2 cm³/mol. The third-order valence-corrected chi connectivity index (χ3v) is 3.75. The Morgan fingerprint density at radius 1 is 1.13 bits per heavy atom. The second kappa shape index (κ2) is 9.01. The lowest BCUT2D eigenvalue weighted by Crippen LogP contribution is -2.41. The van der Waals surface area contributed by atoms with E-state index in [0.29, 0.717) is 11.4 Å². The molecule has 2 heterocycles. The number of alkyl halides is 5. The predicted octanol–water partition coefficient (Wildman–Crippen LogP) is 3.50. The fourth-order valence-electron chi connectivity index (χ4n) is 2.17. The van der Waals surface area contributed by atoms with Crippen LogP contribution in [0.25, 0.3) is 0 Å². The molecule has 0 fully saturated rings. The number of rotatable bonds is 7. The molecule has 0 spiro atoms. The molecular weight excluding hydrogens is 415 g/mol. The minimum Gasteiger partial charge on any atom is -0.471 e. The Kier molecular flexibility index (Phi) is 6.90. The highest BCUT2D eigenvalue weighted by molar-refractivity contribution is 5.94. The Balaban J connectivity index is 1.98. The molecule has 162 valence electrons. The summed E-state index contributed by atoms with van der Waals surface area (Å²) in [6.07, 6.45) is -3.30. The first-order valence-electron chi connectivity index (χ1n) is 8.47. The van der Waals surface area contributed by atoms with Crippen molar-refractivity contribution in [3.05, 3.63) is 47.8 Å². The molecule has 2 N–H and O–H groups in total. The van der Waals surface area contributed by atoms with Gasteiger partial charge in [0.25, 0.3) is 5.91 Å². The second-order valence-corrected chi connectivity index (χ2v) is 6.23. The normalized spacial score (nSPS) is 12.8. The maximum absolute atomic E-state index is 12.9. The fourth-order valence-corrected chi connectivity index (χ4v) is 2.17. The second-order valence-electron chi connectivity index (χ2n) is 6.23. The van der Waals surface area contributed by atoms with Crippen molar-refractivity contribution in [2.75, 3.05) is 11.9 Å². The van der Waals surface area contributed by atoms with E-state index in [4.69, 9.17) is 0 Å². The van der Waals surface area contributed by atoms with Crippen LogP contribution in [-0.2, 0) is 4.79 Å². The monoisotopic (exact) mass is 432 g/mol. The third-order valence-electron chi connectivity index (χ3n) is 3.75. The molecule has 2 aromatic rings. The topological polar surface area (TPSA) is 93.2 Å². The van der Waals surface area contributed by atoms with Crippen molar-refractivity contribution in [3.63, 3.8) is 0 Å². The lowest BCUT2D eigenvalue weighted by atomic mass is 10.1. The van der Waals surface area contributed by atoms with Crippen LogP contribution in [0.5, 0.6) is 5.88 Å². The molecule has 0 aliphatic carbocycles. The third kappa shape index (κ3) is 6.09. The van der Waals surface area contributed by atoms with Crippen molar-refractivity contribution >= 4 is 17.6 Å². The van der Waals surface area contributed by atoms with E-state index < -0.39 is 36.5 Å². The van der Waals surface area contributed by atoms with Crippen molar-refractivity contribution in [1.82, 2.24) is 15.3 Å². The van der Waals surface area contributed by atoms with Gasteiger partial charge in [-0.3, -0.25) is 9.59 Å². The molecule has 1 atom stereocenters. The van der Waals surface area contributed by atoms with Gasteiger partial charge in [0.1, 0.15) is 5.82 Å². The molecule has 2 rings (SSSR count). The van der Waals surface area contributed by atoms with Gasteiger partial charge in [-0.1, -0.05) is 0 Å². The van der Waals surface area contributed by atoms with Crippen molar-refractivity contribution in [2.24, 2.45) is 0 Å². The summed E-state index contributed by atoms with van der Waals surface area (Å²) in [6.45, 7) is 1.07. The molecule has 0 radical (unpaired) electrons. The fraction of sp³-hybridized carbons (Fsp3) is 0.333. The molecule has 0 aliphatic rings. The standard InChI is InChI=1S/C18H17F5N4O3/c1-10(12-5-6-24-14(7-12)27-11(2)28)26-16(29)13-3-4-15(25-8-13)30-9-17(19,20)18(21,22)23/h3-8,10H,9H2,1-2H3,(H,26,29)(H,24,27,28). The minimum atomic E-state index is -5.74. The number of anilines is 1. The van der Waals surface area contributed by atoms with Crippen LogP contribution < -0.4 is 15.4 Å². The average Bonchev–Trinajstić information content (AvgIpc) is 2.65. The first-order chi connectivity index (χ1) is 13.9. The molecule has 0 bridgehead atoms. The van der Waals surface area contributed by atoms with E-state index in [2.05, 4.69) is 25.3 Å². The molecule has 1 unspecified atom stereocenters. The maximum atomic E-state index is 12.9. The van der Waals surface area contributed by atoms with Crippen LogP contribution in [0.1, 0.15) is 35.8 Å². The van der Waals surface area contributed by atoms with Gasteiger partial charge >= 0.3 is 12.1 Å². The highest BCUT2D eigenvalue weighted by Gasteiger charge is 2.58. The van der Waals surface area contributed by atoms with Crippen molar-refractivity contribution < 1.29 is 36.3 Å². The number of pyridine rings is 2. The van der Waals surface area contributed by atoms with Crippen molar-refractivity contribution in [3.8, 4) is 5.88 Å². The van der Waals surface area contributed by atoms with E-state index in [0.717, 1.165) is 12.3 Å². The maximum Gasteiger partial charge on any atom is 0.456 e. The average molecular weight is 432 g/mol. The summed E-state index contributed by atoms with van der Waals surface area (Å²) in [5.74, 6) is -6.09. The number of hydrogen-bond acceptors (Lipinski definition) is 5. The van der Waals surface area contributed by atoms with Crippen molar-refractivity contribution in [1.29, 1.82) is 0 Å². The zero-order chi connectivity index (χ0) is 22.5. The summed E-state index contributed by atoms with van der Waals surface area (Å²) in [4.78, 5) is 30.9. The molecule has 2 amide bonds. The summed E-state index contributed by atoms with van der Waals surface area (Å²) in [5.41, 5.74) is 0.678. The zero-order valence-corrected chi connectivity index (χ0v) is 15.8. The van der Waals surface area contributed by atoms with Gasteiger partial charge in [0.15, 0.2) is 6.61 Å². The number of carbonyl (C=O) groups excluding carboxylic acids is 2. The van der Waals surface area contributed by atoms with Gasteiger partial charge < -0.3 is 15.4 Å². The van der Waals surface area contributed by atoms with E-state index in [9.17, 15) is 31.5 Å². The van der Waals surface area contributed by atoms with Gasteiger partial charge in [-0.15, -0.1) is 0 Å². The van der Waals surface area contributed by atoms with Gasteiger partial charge in [-0.05, 0) is 30.7 Å². The number of aromatic nitrogens is 2. The minimum absolute atomic E-state index is 0.0351. The quantitative estimate of drug-likeness (QED) is 0.654. The number of amides is 2. The number of nitrogens with zero attached hydrogens (tertiary/aromatic N) is 2. The zero-order valence-electron chi connectivity index (χ0n) is 15.8. The van der Waals surface area contributed by atoms with E-state index in [1.165, 1.54) is 19.2 Å². The summed E-state index contributed by atoms with van der Waals surface area (Å²) < 4.78 is 66.5. The molecule has 0 saturated heterocycles. The Morgan fingerprint density at radius 3 is 2.40 bits per heavy atom. The van der Waals surface area contributed by atoms with Crippen LogP contribution in [0.2, 0.25) is 0 Å². The van der Waals surface area contributed by atoms with Crippen LogP contribution in [-0.4, -0.2) is 40.5 Å². The first-order valence-corrected chi connectivity index (χ1v) is 8.47. The van der Waals surface area contributed by atoms with Gasteiger partial charge in [-0.2, -0.15) is 22.0 Å². The van der Waals surface area contributed by atoms with Gasteiger partial charge in [0, 0.05) is 25.4 Å². The smallest absolute Gasteiger partial charge is 0.456 e. The summed E-state index contributed by atoms with van der Waals surface area (Å²) in [5, 5.41) is 5.17. The lowest BCUT2D eigenvalue weighted by molar-refractivity contribution is -0.290. The Bertz CT molecular complexity index is 903. The molecule has 12 heteroatoms. The lowest BCUT2D eigenvalue weighted by Gasteiger charge is -2.19. The van der Waals surface area contributed by atoms with E-state index >= 15 is 0 Å². The molecule has 0 aromatic carbocycles. The number of ether oxygens (including phenoxy) is 1. The number of carbonyl (C=O) groups is 2. The Morgan fingerprint density at radius 2 is 1.83 bits per heavy atom. The van der Waals surface area contributed by atoms with Gasteiger partial charge in [0.2, 0.25) is 11.8 Å². The summed E-state index contributed by atoms with van der Waals surface area (Å²) in [7, 11) is 0. The highest BCUT2D eigenvalue weighted by Crippen LogP contribution is 2.35. The first kappa shape index (κ1) is 23.0. The molecule has 2 aromatic heterocycles.